The van der Waals surface area contributed by atoms with Gasteiger partial charge in [0.2, 0.25) is 5.91 Å². The summed E-state index contributed by atoms with van der Waals surface area (Å²) in [4.78, 5) is 23.5. The standard InChI is InChI=1S/C20H23NO4/c1-2-11-25-17-10-6-7-15(12-17)13-19(22)21-18(14-20(23)24)16-8-4-3-5-9-16/h3-10,12,18H,2,11,13-14H2,1H3,(H,21,22)(H,23,24). The molecular weight excluding hydrogens is 318 g/mol. The highest BCUT2D eigenvalue weighted by Gasteiger charge is 2.18. The van der Waals surface area contributed by atoms with Crippen LogP contribution in [-0.2, 0) is 16.0 Å². The van der Waals surface area contributed by atoms with Gasteiger partial charge in [-0.2, -0.15) is 0 Å². The minimum absolute atomic E-state index is 0.157. The van der Waals surface area contributed by atoms with Gasteiger partial charge in [0.15, 0.2) is 0 Å². The van der Waals surface area contributed by atoms with Crippen molar-refractivity contribution in [3.63, 3.8) is 0 Å². The molecule has 0 fully saturated rings. The first-order chi connectivity index (χ1) is 12.1. The second kappa shape index (κ2) is 9.47. The van der Waals surface area contributed by atoms with Crippen LogP contribution in [0.15, 0.2) is 54.6 Å². The summed E-state index contributed by atoms with van der Waals surface area (Å²) < 4.78 is 5.57. The molecule has 0 saturated heterocycles. The zero-order valence-corrected chi connectivity index (χ0v) is 14.3. The van der Waals surface area contributed by atoms with Crippen LogP contribution in [0.2, 0.25) is 0 Å². The van der Waals surface area contributed by atoms with E-state index in [1.807, 2.05) is 61.5 Å². The van der Waals surface area contributed by atoms with Crippen molar-refractivity contribution in [3.05, 3.63) is 65.7 Å². The number of aliphatic carboxylic acids is 1. The lowest BCUT2D eigenvalue weighted by Gasteiger charge is -2.17. The predicted molar refractivity (Wildman–Crippen MR) is 95.5 cm³/mol. The normalized spacial score (nSPS) is 11.6. The lowest BCUT2D eigenvalue weighted by atomic mass is 10.0. The minimum Gasteiger partial charge on any atom is -0.494 e. The molecule has 5 nitrogen and oxygen atoms in total. The van der Waals surface area contributed by atoms with E-state index in [0.717, 1.165) is 23.3 Å². The number of nitrogens with one attached hydrogen (secondary N) is 1. The molecule has 0 radical (unpaired) electrons. The van der Waals surface area contributed by atoms with Crippen LogP contribution in [0.5, 0.6) is 5.75 Å². The maximum atomic E-state index is 12.4. The lowest BCUT2D eigenvalue weighted by molar-refractivity contribution is -0.137. The number of carboxylic acids is 1. The molecule has 0 aliphatic carbocycles. The van der Waals surface area contributed by atoms with Gasteiger partial charge in [-0.3, -0.25) is 9.59 Å². The van der Waals surface area contributed by atoms with Crippen LogP contribution in [0.1, 0.15) is 36.9 Å². The Morgan fingerprint density at radius 1 is 1.12 bits per heavy atom. The smallest absolute Gasteiger partial charge is 0.305 e. The van der Waals surface area contributed by atoms with Gasteiger partial charge in [0.05, 0.1) is 25.5 Å². The number of benzene rings is 2. The van der Waals surface area contributed by atoms with Gasteiger partial charge in [-0.15, -0.1) is 0 Å². The van der Waals surface area contributed by atoms with Gasteiger partial charge in [-0.05, 0) is 29.7 Å². The molecule has 0 bridgehead atoms. The summed E-state index contributed by atoms with van der Waals surface area (Å²) in [5.74, 6) is -0.441. The third-order valence-electron chi connectivity index (χ3n) is 3.65. The molecule has 132 valence electrons. The molecule has 0 aromatic heterocycles. The van der Waals surface area contributed by atoms with Crippen molar-refractivity contribution in [2.45, 2.75) is 32.2 Å². The van der Waals surface area contributed by atoms with Crippen molar-refractivity contribution in [1.29, 1.82) is 0 Å². The van der Waals surface area contributed by atoms with Crippen LogP contribution in [0.4, 0.5) is 0 Å². The molecule has 0 heterocycles. The van der Waals surface area contributed by atoms with E-state index in [1.165, 1.54) is 0 Å². The van der Waals surface area contributed by atoms with Gasteiger partial charge in [-0.1, -0.05) is 49.4 Å². The molecule has 1 atom stereocenters. The highest BCUT2D eigenvalue weighted by Crippen LogP contribution is 2.18. The number of carbonyl (C=O) groups excluding carboxylic acids is 1. The molecule has 2 aromatic rings. The molecule has 0 spiro atoms. The SMILES string of the molecule is CCCOc1cccc(CC(=O)NC(CC(=O)O)c2ccccc2)c1. The molecule has 1 amide bonds. The molecule has 2 N–H and O–H groups in total. The average molecular weight is 341 g/mol. The zero-order valence-electron chi connectivity index (χ0n) is 14.3. The predicted octanol–water partition coefficient (Wildman–Crippen LogP) is 3.35. The Kier molecular flexibility index (Phi) is 7.01. The molecule has 0 aliphatic rings. The fourth-order valence-corrected chi connectivity index (χ4v) is 2.51. The van der Waals surface area contributed by atoms with E-state index in [-0.39, 0.29) is 18.7 Å². The number of amides is 1. The summed E-state index contributed by atoms with van der Waals surface area (Å²) in [6, 6.07) is 16.0. The third-order valence-corrected chi connectivity index (χ3v) is 3.65. The van der Waals surface area contributed by atoms with E-state index < -0.39 is 12.0 Å². The first-order valence-corrected chi connectivity index (χ1v) is 8.36. The monoisotopic (exact) mass is 341 g/mol. The number of rotatable bonds is 9. The Bertz CT molecular complexity index is 700. The van der Waals surface area contributed by atoms with Crippen molar-refractivity contribution >= 4 is 11.9 Å². The number of ether oxygens (including phenoxy) is 1. The van der Waals surface area contributed by atoms with Crippen LogP contribution < -0.4 is 10.1 Å². The Hall–Kier alpha value is -2.82. The summed E-state index contributed by atoms with van der Waals surface area (Å²) >= 11 is 0. The van der Waals surface area contributed by atoms with Crippen LogP contribution in [0.25, 0.3) is 0 Å². The molecule has 0 saturated carbocycles. The first kappa shape index (κ1) is 18.5. The van der Waals surface area contributed by atoms with E-state index in [9.17, 15) is 9.59 Å². The minimum atomic E-state index is -0.955. The van der Waals surface area contributed by atoms with Gasteiger partial charge in [0.25, 0.3) is 0 Å². The second-order valence-corrected chi connectivity index (χ2v) is 5.80. The zero-order chi connectivity index (χ0) is 18.1. The molecule has 25 heavy (non-hydrogen) atoms. The van der Waals surface area contributed by atoms with E-state index in [2.05, 4.69) is 5.32 Å². The van der Waals surface area contributed by atoms with E-state index >= 15 is 0 Å². The summed E-state index contributed by atoms with van der Waals surface area (Å²) in [7, 11) is 0. The lowest BCUT2D eigenvalue weighted by Crippen LogP contribution is -2.31. The molecule has 0 aliphatic heterocycles. The van der Waals surface area contributed by atoms with Crippen LogP contribution >= 0.6 is 0 Å². The van der Waals surface area contributed by atoms with Crippen molar-refractivity contribution < 1.29 is 19.4 Å². The number of hydrogen-bond acceptors (Lipinski definition) is 3. The summed E-state index contributed by atoms with van der Waals surface area (Å²) in [5, 5.41) is 11.9. The Labute approximate surface area is 147 Å². The highest BCUT2D eigenvalue weighted by molar-refractivity contribution is 5.80. The number of carbonyl (C=O) groups is 2. The van der Waals surface area contributed by atoms with Gasteiger partial charge in [0, 0.05) is 0 Å². The second-order valence-electron chi connectivity index (χ2n) is 5.80. The Balaban J connectivity index is 2.02. The van der Waals surface area contributed by atoms with E-state index in [4.69, 9.17) is 9.84 Å². The molecular formula is C20H23NO4. The van der Waals surface area contributed by atoms with Crippen molar-refractivity contribution in [2.24, 2.45) is 0 Å². The summed E-state index contributed by atoms with van der Waals surface area (Å²) in [6.45, 7) is 2.66. The van der Waals surface area contributed by atoms with E-state index in [0.29, 0.717) is 6.61 Å². The average Bonchev–Trinajstić information content (AvgIpc) is 2.60. The number of hydrogen-bond donors (Lipinski definition) is 2. The third kappa shape index (κ3) is 6.30. The Morgan fingerprint density at radius 2 is 1.88 bits per heavy atom. The fourth-order valence-electron chi connectivity index (χ4n) is 2.51. The molecule has 2 aromatic carbocycles. The van der Waals surface area contributed by atoms with Crippen LogP contribution in [0.3, 0.4) is 0 Å². The quantitative estimate of drug-likeness (QED) is 0.733. The maximum Gasteiger partial charge on any atom is 0.305 e. The summed E-state index contributed by atoms with van der Waals surface area (Å²) in [6.07, 6.45) is 0.931. The first-order valence-electron chi connectivity index (χ1n) is 8.36. The van der Waals surface area contributed by atoms with Gasteiger partial charge >= 0.3 is 5.97 Å². The van der Waals surface area contributed by atoms with Crippen molar-refractivity contribution in [3.8, 4) is 5.75 Å². The summed E-state index contributed by atoms with van der Waals surface area (Å²) in [5.41, 5.74) is 1.60. The Morgan fingerprint density at radius 3 is 2.56 bits per heavy atom. The molecule has 1 unspecified atom stereocenters. The number of carboxylic acid groups (broad SMARTS) is 1. The van der Waals surface area contributed by atoms with Crippen molar-refractivity contribution in [1.82, 2.24) is 5.32 Å². The maximum absolute atomic E-state index is 12.4. The largest absolute Gasteiger partial charge is 0.494 e. The van der Waals surface area contributed by atoms with Gasteiger partial charge in [0.1, 0.15) is 5.75 Å². The van der Waals surface area contributed by atoms with Gasteiger partial charge < -0.3 is 15.2 Å². The van der Waals surface area contributed by atoms with Crippen LogP contribution in [-0.4, -0.2) is 23.6 Å². The fraction of sp³-hybridized carbons (Fsp3) is 0.300. The molecule has 5 heteroatoms. The highest BCUT2D eigenvalue weighted by atomic mass is 16.5. The van der Waals surface area contributed by atoms with Gasteiger partial charge in [-0.25, -0.2) is 0 Å². The topological polar surface area (TPSA) is 75.6 Å². The molecule has 2 rings (SSSR count). The van der Waals surface area contributed by atoms with Crippen molar-refractivity contribution in [2.75, 3.05) is 6.61 Å². The van der Waals surface area contributed by atoms with Crippen LogP contribution in [0, 0.1) is 0 Å². The van der Waals surface area contributed by atoms with E-state index in [1.54, 1.807) is 0 Å².